The molecular formula is C45H53N7O5S. The summed E-state index contributed by atoms with van der Waals surface area (Å²) in [6, 6.07) is 14.7. The Morgan fingerprint density at radius 3 is 2.52 bits per heavy atom. The molecule has 0 radical (unpaired) electrons. The highest BCUT2D eigenvalue weighted by molar-refractivity contribution is 7.18. The molecule has 1 spiro atoms. The fourth-order valence-electron chi connectivity index (χ4n) is 10.4. The maximum absolute atomic E-state index is 13.5. The van der Waals surface area contributed by atoms with Crippen LogP contribution in [-0.2, 0) is 16.1 Å². The average Bonchev–Trinajstić information content (AvgIpc) is 3.78. The zero-order valence-electron chi connectivity index (χ0n) is 33.5. The molecule has 5 aliphatic rings. The molecule has 2 saturated heterocycles. The van der Waals surface area contributed by atoms with E-state index in [2.05, 4.69) is 25.8 Å². The van der Waals surface area contributed by atoms with Gasteiger partial charge in [0.05, 0.1) is 33.6 Å². The number of aryl methyl sites for hydroxylation is 1. The third kappa shape index (κ3) is 7.82. The molecular weight excluding hydrogens is 751 g/mol. The predicted octanol–water partition coefficient (Wildman–Crippen LogP) is 7.29. The molecule has 304 valence electrons. The van der Waals surface area contributed by atoms with Gasteiger partial charge in [-0.15, -0.1) is 11.3 Å². The molecule has 3 aliphatic heterocycles. The number of hydrogen-bond acceptors (Lipinski definition) is 10. The van der Waals surface area contributed by atoms with Gasteiger partial charge in [-0.3, -0.25) is 24.5 Å². The minimum Gasteiger partial charge on any atom is -0.494 e. The van der Waals surface area contributed by atoms with Crippen molar-refractivity contribution in [2.75, 3.05) is 43.9 Å². The molecule has 2 aromatic carbocycles. The molecule has 9 rings (SSSR count). The smallest absolute Gasteiger partial charge is 0.274 e. The van der Waals surface area contributed by atoms with Gasteiger partial charge in [0, 0.05) is 49.4 Å². The van der Waals surface area contributed by atoms with Crippen LogP contribution in [0.4, 0.5) is 11.4 Å². The number of fused-ring (bicyclic) bond motifs is 2. The summed E-state index contributed by atoms with van der Waals surface area (Å²) in [5.74, 6) is 1.49. The Balaban J connectivity index is 0.707. The zero-order valence-corrected chi connectivity index (χ0v) is 34.3. The van der Waals surface area contributed by atoms with Crippen LogP contribution in [0.15, 0.2) is 48.5 Å². The van der Waals surface area contributed by atoms with Gasteiger partial charge in [-0.25, -0.2) is 9.97 Å². The molecule has 4 amide bonds. The first-order chi connectivity index (χ1) is 28.1. The number of carbonyl (C=O) groups is 4. The number of imide groups is 1. The van der Waals surface area contributed by atoms with Crippen molar-refractivity contribution < 1.29 is 23.9 Å². The highest BCUT2D eigenvalue weighted by Gasteiger charge is 2.46. The Morgan fingerprint density at radius 1 is 0.966 bits per heavy atom. The van der Waals surface area contributed by atoms with Crippen molar-refractivity contribution in [3.8, 4) is 5.75 Å². The molecule has 0 bridgehead atoms. The number of amides is 4. The number of aromatic nitrogens is 2. The van der Waals surface area contributed by atoms with Gasteiger partial charge < -0.3 is 25.2 Å². The quantitative estimate of drug-likeness (QED) is 0.133. The molecule has 1 unspecified atom stereocenters. The van der Waals surface area contributed by atoms with E-state index in [1.165, 1.54) is 63.2 Å². The van der Waals surface area contributed by atoms with Gasteiger partial charge in [0.15, 0.2) is 0 Å². The van der Waals surface area contributed by atoms with Crippen molar-refractivity contribution in [1.82, 2.24) is 25.1 Å². The molecule has 5 heterocycles. The Morgan fingerprint density at radius 2 is 1.76 bits per heavy atom. The topological polar surface area (TPSA) is 146 Å². The molecule has 4 fully saturated rings. The van der Waals surface area contributed by atoms with E-state index in [9.17, 15) is 19.2 Å². The Bertz CT molecular complexity index is 2230. The Hall–Kier alpha value is -4.88. The highest BCUT2D eigenvalue weighted by atomic mass is 32.1. The standard InChI is InChI=1S/C45H53N7O5S/c1-27-5-3-8-33(47-27)41(54)48-34-22-38-35(21-37(34)57-2)49-43(58-38)30-11-9-28(10-12-30)25-51-19-16-45(17-20-51)23-29(24-45)15-18-46-32-7-4-6-31-26-52(44(56)40(31)32)36-13-14-39(53)50-42(36)55/h3-8,21-22,28-30,36,46H,9-20,23-26H2,1-2H3,(H,48,54)(H,50,53,55). The lowest BCUT2D eigenvalue weighted by Crippen LogP contribution is -2.52. The lowest BCUT2D eigenvalue weighted by molar-refractivity contribution is -0.136. The maximum Gasteiger partial charge on any atom is 0.274 e. The van der Waals surface area contributed by atoms with Crippen LogP contribution in [0.2, 0.25) is 0 Å². The monoisotopic (exact) mass is 803 g/mol. The molecule has 13 heteroatoms. The molecule has 58 heavy (non-hydrogen) atoms. The van der Waals surface area contributed by atoms with E-state index in [1.807, 2.05) is 49.4 Å². The van der Waals surface area contributed by atoms with Gasteiger partial charge >= 0.3 is 0 Å². The van der Waals surface area contributed by atoms with Crippen LogP contribution in [0.25, 0.3) is 10.2 Å². The number of hydrogen-bond donors (Lipinski definition) is 3. The van der Waals surface area contributed by atoms with E-state index < -0.39 is 6.04 Å². The number of likely N-dealkylation sites (tertiary alicyclic amines) is 1. The summed E-state index contributed by atoms with van der Waals surface area (Å²) in [6.45, 7) is 6.70. The molecule has 2 saturated carbocycles. The summed E-state index contributed by atoms with van der Waals surface area (Å²) in [4.78, 5) is 64.3. The lowest BCUT2D eigenvalue weighted by Gasteiger charge is -2.53. The summed E-state index contributed by atoms with van der Waals surface area (Å²) >= 11 is 1.74. The third-order valence-electron chi connectivity index (χ3n) is 13.6. The number of methoxy groups -OCH3 is 1. The van der Waals surface area contributed by atoms with Gasteiger partial charge in [0.2, 0.25) is 11.8 Å². The summed E-state index contributed by atoms with van der Waals surface area (Å²) in [5, 5.41) is 10.1. The third-order valence-corrected chi connectivity index (χ3v) is 14.8. The number of ether oxygens (including phenoxy) is 1. The fraction of sp³-hybridized carbons (Fsp3) is 0.511. The van der Waals surface area contributed by atoms with Crippen LogP contribution >= 0.6 is 11.3 Å². The number of thiazole rings is 1. The minimum atomic E-state index is -0.595. The number of pyridine rings is 1. The second kappa shape index (κ2) is 16.1. The predicted molar refractivity (Wildman–Crippen MR) is 224 cm³/mol. The van der Waals surface area contributed by atoms with Crippen LogP contribution < -0.4 is 20.7 Å². The Labute approximate surface area is 343 Å². The largest absolute Gasteiger partial charge is 0.494 e. The SMILES string of the molecule is COc1cc2nc(C3CCC(CN4CCC5(CC4)CC(CCNc4cccc6c4C(=O)N(C4CCC(=O)NC4=O)C6)C5)CC3)sc2cc1NC(=O)c1cccc(C)n1. The first-order valence-corrected chi connectivity index (χ1v) is 21.9. The van der Waals surface area contributed by atoms with Crippen molar-refractivity contribution in [1.29, 1.82) is 0 Å². The summed E-state index contributed by atoms with van der Waals surface area (Å²) in [5.41, 5.74) is 5.68. The van der Waals surface area contributed by atoms with Crippen molar-refractivity contribution in [2.24, 2.45) is 17.3 Å². The van der Waals surface area contributed by atoms with Gasteiger partial charge in [0.25, 0.3) is 11.8 Å². The van der Waals surface area contributed by atoms with E-state index in [1.54, 1.807) is 29.4 Å². The highest BCUT2D eigenvalue weighted by Crippen LogP contribution is 2.54. The van der Waals surface area contributed by atoms with Crippen LogP contribution in [-0.4, -0.2) is 82.7 Å². The van der Waals surface area contributed by atoms with Gasteiger partial charge in [0.1, 0.15) is 17.5 Å². The number of anilines is 2. The normalized spacial score (nSPS) is 23.4. The van der Waals surface area contributed by atoms with Crippen LogP contribution in [0.5, 0.6) is 5.75 Å². The number of nitrogens with zero attached hydrogens (tertiary/aromatic N) is 4. The van der Waals surface area contributed by atoms with Crippen LogP contribution in [0.3, 0.4) is 0 Å². The van der Waals surface area contributed by atoms with Crippen LogP contribution in [0, 0.1) is 24.2 Å². The summed E-state index contributed by atoms with van der Waals surface area (Å²) < 4.78 is 6.70. The first kappa shape index (κ1) is 38.6. The average molecular weight is 804 g/mol. The number of benzene rings is 2. The lowest BCUT2D eigenvalue weighted by atomic mass is 9.57. The number of piperidine rings is 2. The van der Waals surface area contributed by atoms with Gasteiger partial charge in [-0.2, -0.15) is 0 Å². The molecule has 1 atom stereocenters. The van der Waals surface area contributed by atoms with E-state index in [-0.39, 0.29) is 30.0 Å². The van der Waals surface area contributed by atoms with E-state index >= 15 is 0 Å². The molecule has 12 nitrogen and oxygen atoms in total. The Kier molecular flexibility index (Phi) is 10.7. The maximum atomic E-state index is 13.5. The number of rotatable bonds is 11. The number of carbonyl (C=O) groups excluding carboxylic acids is 4. The fourth-order valence-corrected chi connectivity index (χ4v) is 11.5. The van der Waals surface area contributed by atoms with Crippen LogP contribution in [0.1, 0.15) is 114 Å². The van der Waals surface area contributed by atoms with E-state index in [0.29, 0.717) is 52.9 Å². The minimum absolute atomic E-state index is 0.125. The number of nitrogens with one attached hydrogen (secondary N) is 3. The zero-order chi connectivity index (χ0) is 40.0. The second-order valence-electron chi connectivity index (χ2n) is 17.4. The van der Waals surface area contributed by atoms with Crippen molar-refractivity contribution in [2.45, 2.75) is 96.1 Å². The first-order valence-electron chi connectivity index (χ1n) is 21.1. The van der Waals surface area contributed by atoms with Gasteiger partial charge in [-0.05, 0) is 131 Å². The molecule has 2 aromatic heterocycles. The molecule has 2 aliphatic carbocycles. The molecule has 3 N–H and O–H groups in total. The summed E-state index contributed by atoms with van der Waals surface area (Å²) in [6.07, 6.45) is 11.7. The molecule has 4 aromatic rings. The van der Waals surface area contributed by atoms with Gasteiger partial charge in [-0.1, -0.05) is 18.2 Å². The summed E-state index contributed by atoms with van der Waals surface area (Å²) in [7, 11) is 1.62. The van der Waals surface area contributed by atoms with Crippen molar-refractivity contribution in [3.63, 3.8) is 0 Å². The van der Waals surface area contributed by atoms with E-state index in [4.69, 9.17) is 9.72 Å². The van der Waals surface area contributed by atoms with E-state index in [0.717, 1.165) is 58.9 Å². The van der Waals surface area contributed by atoms with Crippen molar-refractivity contribution in [3.05, 3.63) is 76.1 Å². The van der Waals surface area contributed by atoms with Crippen molar-refractivity contribution >= 4 is 56.6 Å². The second-order valence-corrected chi connectivity index (χ2v) is 18.5.